The molecule has 2 aromatic carbocycles. The standard InChI is InChI=1S/C23H30N2O2/c1-3-27-22-10-8-19(9-11-22)16-24-23(26)21-12-14-25(15-13-21)17-20-6-4-18(2)5-7-20/h4-11,21H,3,12-17H2,1-2H3,(H,24,26). The van der Waals surface area contributed by atoms with Crippen LogP contribution in [0.15, 0.2) is 48.5 Å². The third-order valence-electron chi connectivity index (χ3n) is 5.19. The van der Waals surface area contributed by atoms with Crippen LogP contribution in [0.25, 0.3) is 0 Å². The van der Waals surface area contributed by atoms with Crippen LogP contribution in [-0.2, 0) is 17.9 Å². The van der Waals surface area contributed by atoms with Crippen molar-refractivity contribution in [2.45, 2.75) is 39.8 Å². The molecule has 0 aromatic heterocycles. The summed E-state index contributed by atoms with van der Waals surface area (Å²) in [6.45, 7) is 8.26. The molecule has 4 heteroatoms. The maximum absolute atomic E-state index is 12.5. The minimum absolute atomic E-state index is 0.127. The molecule has 0 aliphatic carbocycles. The molecule has 1 aliphatic rings. The maximum atomic E-state index is 12.5. The Kier molecular flexibility index (Phi) is 6.88. The fourth-order valence-corrected chi connectivity index (χ4v) is 3.51. The summed E-state index contributed by atoms with van der Waals surface area (Å²) in [6.07, 6.45) is 1.86. The molecule has 0 radical (unpaired) electrons. The summed E-state index contributed by atoms with van der Waals surface area (Å²) < 4.78 is 5.45. The Morgan fingerprint density at radius 1 is 1.04 bits per heavy atom. The van der Waals surface area contributed by atoms with Crippen LogP contribution in [0.4, 0.5) is 0 Å². The summed E-state index contributed by atoms with van der Waals surface area (Å²) in [5, 5.41) is 3.09. The van der Waals surface area contributed by atoms with Gasteiger partial charge in [-0.1, -0.05) is 42.0 Å². The molecule has 27 heavy (non-hydrogen) atoms. The molecule has 1 aliphatic heterocycles. The number of benzene rings is 2. The second-order valence-corrected chi connectivity index (χ2v) is 7.33. The second-order valence-electron chi connectivity index (χ2n) is 7.33. The first kappa shape index (κ1) is 19.4. The van der Waals surface area contributed by atoms with E-state index in [1.165, 1.54) is 11.1 Å². The van der Waals surface area contributed by atoms with Crippen LogP contribution < -0.4 is 10.1 Å². The van der Waals surface area contributed by atoms with E-state index in [1.54, 1.807) is 0 Å². The van der Waals surface area contributed by atoms with E-state index in [2.05, 4.69) is 41.4 Å². The predicted octanol–water partition coefficient (Wildman–Crippen LogP) is 3.92. The second kappa shape index (κ2) is 9.56. The lowest BCUT2D eigenvalue weighted by molar-refractivity contribution is -0.126. The Bertz CT molecular complexity index is 717. The summed E-state index contributed by atoms with van der Waals surface area (Å²) in [4.78, 5) is 14.9. The zero-order chi connectivity index (χ0) is 19.1. The molecule has 0 atom stereocenters. The van der Waals surface area contributed by atoms with Crippen molar-refractivity contribution in [1.82, 2.24) is 10.2 Å². The van der Waals surface area contributed by atoms with Crippen molar-refractivity contribution in [3.05, 3.63) is 65.2 Å². The number of piperidine rings is 1. The largest absolute Gasteiger partial charge is 0.494 e. The molecule has 0 bridgehead atoms. The van der Waals surface area contributed by atoms with Crippen molar-refractivity contribution in [3.63, 3.8) is 0 Å². The smallest absolute Gasteiger partial charge is 0.223 e. The highest BCUT2D eigenvalue weighted by molar-refractivity contribution is 5.78. The number of nitrogens with one attached hydrogen (secondary N) is 1. The third kappa shape index (κ3) is 5.83. The number of hydrogen-bond acceptors (Lipinski definition) is 3. The number of hydrogen-bond donors (Lipinski definition) is 1. The van der Waals surface area contributed by atoms with E-state index in [9.17, 15) is 4.79 Å². The van der Waals surface area contributed by atoms with E-state index >= 15 is 0 Å². The Labute approximate surface area is 162 Å². The van der Waals surface area contributed by atoms with E-state index in [0.717, 1.165) is 43.8 Å². The third-order valence-corrected chi connectivity index (χ3v) is 5.19. The minimum Gasteiger partial charge on any atom is -0.494 e. The van der Waals surface area contributed by atoms with Gasteiger partial charge in [0.1, 0.15) is 5.75 Å². The first-order valence-corrected chi connectivity index (χ1v) is 9.91. The van der Waals surface area contributed by atoms with Crippen molar-refractivity contribution in [2.75, 3.05) is 19.7 Å². The topological polar surface area (TPSA) is 41.6 Å². The van der Waals surface area contributed by atoms with Gasteiger partial charge in [-0.15, -0.1) is 0 Å². The van der Waals surface area contributed by atoms with Crippen LogP contribution in [0.3, 0.4) is 0 Å². The molecule has 4 nitrogen and oxygen atoms in total. The Hall–Kier alpha value is -2.33. The van der Waals surface area contributed by atoms with Gasteiger partial charge in [-0.25, -0.2) is 0 Å². The van der Waals surface area contributed by atoms with E-state index in [-0.39, 0.29) is 11.8 Å². The van der Waals surface area contributed by atoms with Crippen LogP contribution in [-0.4, -0.2) is 30.5 Å². The van der Waals surface area contributed by atoms with Crippen LogP contribution in [0.1, 0.15) is 36.5 Å². The van der Waals surface area contributed by atoms with Gasteiger partial charge < -0.3 is 10.1 Å². The summed E-state index contributed by atoms with van der Waals surface area (Å²) in [6, 6.07) is 16.6. The Morgan fingerprint density at radius 2 is 1.67 bits per heavy atom. The van der Waals surface area contributed by atoms with Crippen molar-refractivity contribution in [1.29, 1.82) is 0 Å². The summed E-state index contributed by atoms with van der Waals surface area (Å²) >= 11 is 0. The van der Waals surface area contributed by atoms with E-state index in [1.807, 2.05) is 31.2 Å². The van der Waals surface area contributed by atoms with Crippen LogP contribution in [0.2, 0.25) is 0 Å². The number of nitrogens with zero attached hydrogens (tertiary/aromatic N) is 1. The van der Waals surface area contributed by atoms with Crippen molar-refractivity contribution in [2.24, 2.45) is 5.92 Å². The summed E-state index contributed by atoms with van der Waals surface area (Å²) in [5.74, 6) is 1.18. The lowest BCUT2D eigenvalue weighted by Crippen LogP contribution is -2.40. The lowest BCUT2D eigenvalue weighted by Gasteiger charge is -2.31. The number of ether oxygens (including phenoxy) is 1. The van der Waals surface area contributed by atoms with Crippen molar-refractivity contribution < 1.29 is 9.53 Å². The number of rotatable bonds is 7. The molecule has 1 N–H and O–H groups in total. The molecule has 2 aromatic rings. The molecule has 1 saturated heterocycles. The molecule has 0 saturated carbocycles. The number of amides is 1. The molecular formula is C23H30N2O2. The first-order valence-electron chi connectivity index (χ1n) is 9.91. The minimum atomic E-state index is 0.127. The van der Waals surface area contributed by atoms with Crippen LogP contribution in [0, 0.1) is 12.8 Å². The number of aryl methyl sites for hydroxylation is 1. The fraction of sp³-hybridized carbons (Fsp3) is 0.435. The number of carbonyl (C=O) groups is 1. The molecular weight excluding hydrogens is 336 g/mol. The number of carbonyl (C=O) groups excluding carboxylic acids is 1. The zero-order valence-corrected chi connectivity index (χ0v) is 16.4. The van der Waals surface area contributed by atoms with Gasteiger partial charge in [0.25, 0.3) is 0 Å². The molecule has 1 amide bonds. The normalized spacial score (nSPS) is 15.5. The van der Waals surface area contributed by atoms with Gasteiger partial charge in [-0.3, -0.25) is 9.69 Å². The van der Waals surface area contributed by atoms with Crippen molar-refractivity contribution >= 4 is 5.91 Å². The van der Waals surface area contributed by atoms with Gasteiger partial charge in [-0.05, 0) is 63.0 Å². The summed E-state index contributed by atoms with van der Waals surface area (Å²) in [5.41, 5.74) is 3.74. The highest BCUT2D eigenvalue weighted by Gasteiger charge is 2.24. The summed E-state index contributed by atoms with van der Waals surface area (Å²) in [7, 11) is 0. The van der Waals surface area contributed by atoms with Gasteiger partial charge in [0, 0.05) is 19.0 Å². The maximum Gasteiger partial charge on any atom is 0.223 e. The SMILES string of the molecule is CCOc1ccc(CNC(=O)C2CCN(Cc3ccc(C)cc3)CC2)cc1. The molecule has 144 valence electrons. The lowest BCUT2D eigenvalue weighted by atomic mass is 9.95. The van der Waals surface area contributed by atoms with Gasteiger partial charge >= 0.3 is 0 Å². The number of likely N-dealkylation sites (tertiary alicyclic amines) is 1. The average Bonchev–Trinajstić information content (AvgIpc) is 2.70. The average molecular weight is 367 g/mol. The Morgan fingerprint density at radius 3 is 2.30 bits per heavy atom. The Balaban J connectivity index is 1.40. The molecule has 1 heterocycles. The van der Waals surface area contributed by atoms with Gasteiger partial charge in [0.2, 0.25) is 5.91 Å². The molecule has 0 spiro atoms. The first-order chi connectivity index (χ1) is 13.1. The zero-order valence-electron chi connectivity index (χ0n) is 16.4. The fourth-order valence-electron chi connectivity index (χ4n) is 3.51. The van der Waals surface area contributed by atoms with E-state index < -0.39 is 0 Å². The van der Waals surface area contributed by atoms with Gasteiger partial charge in [0.05, 0.1) is 6.61 Å². The molecule has 3 rings (SSSR count). The van der Waals surface area contributed by atoms with Gasteiger partial charge in [0.15, 0.2) is 0 Å². The molecule has 0 unspecified atom stereocenters. The predicted molar refractivity (Wildman–Crippen MR) is 109 cm³/mol. The molecule has 1 fully saturated rings. The van der Waals surface area contributed by atoms with Gasteiger partial charge in [-0.2, -0.15) is 0 Å². The van der Waals surface area contributed by atoms with Crippen LogP contribution in [0.5, 0.6) is 5.75 Å². The van der Waals surface area contributed by atoms with E-state index in [0.29, 0.717) is 13.2 Å². The highest BCUT2D eigenvalue weighted by Crippen LogP contribution is 2.20. The van der Waals surface area contributed by atoms with Crippen LogP contribution >= 0.6 is 0 Å². The highest BCUT2D eigenvalue weighted by atomic mass is 16.5. The quantitative estimate of drug-likeness (QED) is 0.807. The van der Waals surface area contributed by atoms with E-state index in [4.69, 9.17) is 4.74 Å². The monoisotopic (exact) mass is 366 g/mol. The van der Waals surface area contributed by atoms with Crippen molar-refractivity contribution in [3.8, 4) is 5.75 Å².